The van der Waals surface area contributed by atoms with Crippen molar-refractivity contribution in [1.82, 2.24) is 4.90 Å². The van der Waals surface area contributed by atoms with Gasteiger partial charge in [-0.25, -0.2) is 4.79 Å². The number of fused-ring (bicyclic) bond motifs is 1. The Hall–Kier alpha value is -1.43. The van der Waals surface area contributed by atoms with Gasteiger partial charge >= 0.3 is 6.09 Å². The normalized spacial score (nSPS) is 17.3. The van der Waals surface area contributed by atoms with Crippen molar-refractivity contribution < 1.29 is 19.1 Å². The molecule has 29 heavy (non-hydrogen) atoms. The number of carbonyl (C=O) groups excluding carboxylic acids is 2. The molecule has 2 amide bonds. The fraction of sp³-hybridized carbons (Fsp3) is 0.200. The van der Waals surface area contributed by atoms with E-state index in [0.29, 0.717) is 46.6 Å². The average molecular weight is 634 g/mol. The predicted molar refractivity (Wildman–Crippen MR) is 126 cm³/mol. The smallest absolute Gasteiger partial charge is 0.408 e. The first-order chi connectivity index (χ1) is 13.9. The summed E-state index contributed by atoms with van der Waals surface area (Å²) in [5, 5.41) is 2.88. The Morgan fingerprint density at radius 3 is 2.55 bits per heavy atom. The maximum absolute atomic E-state index is 12.4. The lowest BCUT2D eigenvalue weighted by Crippen LogP contribution is -2.42. The van der Waals surface area contributed by atoms with E-state index in [1.54, 1.807) is 4.90 Å². The van der Waals surface area contributed by atoms with E-state index in [-0.39, 0.29) is 5.91 Å². The largest absolute Gasteiger partial charge is 0.415 e. The number of nitrogens with one attached hydrogen (secondary N) is 1. The minimum absolute atomic E-state index is 0.142. The average Bonchev–Trinajstić information content (AvgIpc) is 3.00. The number of nitrogens with zero attached hydrogens (tertiary/aromatic N) is 1. The number of hydrogen-bond acceptors (Lipinski definition) is 4. The standard InChI is InChI=1S/C20H15Br2IN2O4/c21-15-8-11(7-14-13-10-12(23)1-2-17(13)24-19(14)26)9-16(22)18(15)29-20(27)25-3-5-28-6-4-25/h1-2,7-10H,3-6H2,(H,24,26)/b14-7-. The second-order valence-electron chi connectivity index (χ2n) is 6.48. The van der Waals surface area contributed by atoms with Gasteiger partial charge in [0, 0.05) is 33.5 Å². The molecule has 0 aromatic heterocycles. The van der Waals surface area contributed by atoms with Crippen molar-refractivity contribution in [2.45, 2.75) is 0 Å². The zero-order valence-corrected chi connectivity index (χ0v) is 20.3. The van der Waals surface area contributed by atoms with Crippen LogP contribution < -0.4 is 10.1 Å². The van der Waals surface area contributed by atoms with Crippen molar-refractivity contribution in [2.75, 3.05) is 31.6 Å². The van der Waals surface area contributed by atoms with Gasteiger partial charge < -0.3 is 19.7 Å². The fourth-order valence-corrected chi connectivity index (χ4v) is 5.00. The third-order valence-corrected chi connectivity index (χ3v) is 6.40. The number of ether oxygens (including phenoxy) is 2. The van der Waals surface area contributed by atoms with E-state index in [2.05, 4.69) is 59.8 Å². The molecule has 1 fully saturated rings. The van der Waals surface area contributed by atoms with Crippen LogP contribution in [0.5, 0.6) is 5.75 Å². The molecule has 0 bridgehead atoms. The van der Waals surface area contributed by atoms with Gasteiger partial charge in [0.1, 0.15) is 0 Å². The number of carbonyl (C=O) groups is 2. The molecule has 0 aliphatic carbocycles. The molecule has 0 spiro atoms. The Balaban J connectivity index is 1.61. The summed E-state index contributed by atoms with van der Waals surface area (Å²) in [5.74, 6) is 0.256. The highest BCUT2D eigenvalue weighted by Crippen LogP contribution is 2.38. The van der Waals surface area contributed by atoms with Gasteiger partial charge in [0.25, 0.3) is 5.91 Å². The molecule has 6 nitrogen and oxygen atoms in total. The number of amides is 2. The zero-order chi connectivity index (χ0) is 20.5. The molecule has 1 N–H and O–H groups in total. The van der Waals surface area contributed by atoms with Crippen molar-refractivity contribution in [3.8, 4) is 5.75 Å². The first-order valence-electron chi connectivity index (χ1n) is 8.79. The molecule has 0 atom stereocenters. The highest BCUT2D eigenvalue weighted by atomic mass is 127. The van der Waals surface area contributed by atoms with Crippen LogP contribution in [0.25, 0.3) is 11.6 Å². The third-order valence-electron chi connectivity index (χ3n) is 4.55. The summed E-state index contributed by atoms with van der Waals surface area (Å²) in [6.45, 7) is 2.02. The third kappa shape index (κ3) is 4.52. The molecular formula is C20H15Br2IN2O4. The van der Waals surface area contributed by atoms with E-state index in [9.17, 15) is 9.59 Å². The van der Waals surface area contributed by atoms with Crippen LogP contribution in [0.3, 0.4) is 0 Å². The number of halogens is 3. The summed E-state index contributed by atoms with van der Waals surface area (Å²) in [5.41, 5.74) is 3.06. The maximum Gasteiger partial charge on any atom is 0.415 e. The second kappa shape index (κ2) is 8.75. The number of anilines is 1. The summed E-state index contributed by atoms with van der Waals surface area (Å²) >= 11 is 9.18. The monoisotopic (exact) mass is 632 g/mol. The molecule has 2 aromatic rings. The van der Waals surface area contributed by atoms with Crippen LogP contribution in [0.4, 0.5) is 10.5 Å². The van der Waals surface area contributed by atoms with E-state index in [1.807, 2.05) is 36.4 Å². The molecule has 1 saturated heterocycles. The van der Waals surface area contributed by atoms with Gasteiger partial charge in [-0.15, -0.1) is 0 Å². The van der Waals surface area contributed by atoms with Crippen molar-refractivity contribution in [1.29, 1.82) is 0 Å². The highest BCUT2D eigenvalue weighted by Gasteiger charge is 2.25. The van der Waals surface area contributed by atoms with Crippen LogP contribution in [0.15, 0.2) is 39.3 Å². The molecule has 4 rings (SSSR count). The van der Waals surface area contributed by atoms with Gasteiger partial charge in [-0.05, 0) is 96.4 Å². The van der Waals surface area contributed by atoms with Crippen molar-refractivity contribution in [3.05, 3.63) is 54.0 Å². The first kappa shape index (κ1) is 20.8. The number of rotatable bonds is 2. The van der Waals surface area contributed by atoms with Crippen LogP contribution in [-0.4, -0.2) is 43.2 Å². The highest BCUT2D eigenvalue weighted by molar-refractivity contribution is 14.1. The van der Waals surface area contributed by atoms with E-state index < -0.39 is 6.09 Å². The minimum Gasteiger partial charge on any atom is -0.408 e. The van der Waals surface area contributed by atoms with Crippen LogP contribution in [0.1, 0.15) is 11.1 Å². The molecule has 0 unspecified atom stereocenters. The molecule has 0 saturated carbocycles. The van der Waals surface area contributed by atoms with Crippen LogP contribution in [-0.2, 0) is 9.53 Å². The zero-order valence-electron chi connectivity index (χ0n) is 15.0. The van der Waals surface area contributed by atoms with Gasteiger partial charge in [0.15, 0.2) is 5.75 Å². The summed E-state index contributed by atoms with van der Waals surface area (Å²) in [6.07, 6.45) is 1.40. The lowest BCUT2D eigenvalue weighted by atomic mass is 10.0. The first-order valence-corrected chi connectivity index (χ1v) is 11.5. The summed E-state index contributed by atoms with van der Waals surface area (Å²) in [4.78, 5) is 26.4. The van der Waals surface area contributed by atoms with E-state index >= 15 is 0 Å². The quantitative estimate of drug-likeness (QED) is 0.368. The van der Waals surface area contributed by atoms with E-state index in [4.69, 9.17) is 9.47 Å². The SMILES string of the molecule is O=C1Nc2ccc(I)cc2/C1=C/c1cc(Br)c(OC(=O)N2CCOCC2)c(Br)c1. The number of benzene rings is 2. The molecular weight excluding hydrogens is 619 g/mol. The summed E-state index contributed by atoms with van der Waals surface area (Å²) in [7, 11) is 0. The number of morpholine rings is 1. The molecule has 150 valence electrons. The lowest BCUT2D eigenvalue weighted by molar-refractivity contribution is -0.110. The summed E-state index contributed by atoms with van der Waals surface area (Å²) in [6, 6.07) is 9.46. The van der Waals surface area contributed by atoms with Crippen LogP contribution in [0.2, 0.25) is 0 Å². The Morgan fingerprint density at radius 1 is 1.17 bits per heavy atom. The van der Waals surface area contributed by atoms with Crippen LogP contribution >= 0.6 is 54.5 Å². The number of hydrogen-bond donors (Lipinski definition) is 1. The molecule has 0 radical (unpaired) electrons. The molecule has 2 aliphatic rings. The van der Waals surface area contributed by atoms with Gasteiger partial charge in [0.05, 0.1) is 22.2 Å². The molecule has 2 heterocycles. The van der Waals surface area contributed by atoms with Gasteiger partial charge in [0.2, 0.25) is 0 Å². The summed E-state index contributed by atoms with van der Waals surface area (Å²) < 4.78 is 13.1. The minimum atomic E-state index is -0.417. The topological polar surface area (TPSA) is 67.9 Å². The van der Waals surface area contributed by atoms with E-state index in [1.165, 1.54) is 0 Å². The van der Waals surface area contributed by atoms with Gasteiger partial charge in [-0.1, -0.05) is 0 Å². The predicted octanol–water partition coefficient (Wildman–Crippen LogP) is 5.14. The van der Waals surface area contributed by atoms with Crippen molar-refractivity contribution in [2.24, 2.45) is 0 Å². The molecule has 2 aromatic carbocycles. The maximum atomic E-state index is 12.4. The Labute approximate surface area is 198 Å². The molecule has 9 heteroatoms. The van der Waals surface area contributed by atoms with E-state index in [0.717, 1.165) is 20.4 Å². The van der Waals surface area contributed by atoms with Gasteiger partial charge in [-0.2, -0.15) is 0 Å². The molecule has 2 aliphatic heterocycles. The van der Waals surface area contributed by atoms with Crippen molar-refractivity contribution >= 4 is 83.8 Å². The fourth-order valence-electron chi connectivity index (χ4n) is 3.13. The van der Waals surface area contributed by atoms with Crippen molar-refractivity contribution in [3.63, 3.8) is 0 Å². The second-order valence-corrected chi connectivity index (χ2v) is 9.44. The Morgan fingerprint density at radius 2 is 1.86 bits per heavy atom. The van der Waals surface area contributed by atoms with Gasteiger partial charge in [-0.3, -0.25) is 4.79 Å². The Bertz CT molecular complexity index is 1010. The van der Waals surface area contributed by atoms with Crippen LogP contribution in [0, 0.1) is 3.57 Å². The Kier molecular flexibility index (Phi) is 6.28. The lowest BCUT2D eigenvalue weighted by Gasteiger charge is -2.26.